The average molecular weight is 279 g/mol. The lowest BCUT2D eigenvalue weighted by atomic mass is 9.94. The van der Waals surface area contributed by atoms with E-state index in [1.807, 2.05) is 18.2 Å². The topological polar surface area (TPSA) is 40.6 Å². The molecule has 1 fully saturated rings. The van der Waals surface area contributed by atoms with E-state index in [1.54, 1.807) is 19.0 Å². The van der Waals surface area contributed by atoms with Crippen molar-refractivity contribution in [2.75, 3.05) is 14.1 Å². The smallest absolute Gasteiger partial charge is 0.312 e. The molecule has 0 aromatic heterocycles. The van der Waals surface area contributed by atoms with E-state index in [9.17, 15) is 9.59 Å². The summed E-state index contributed by atoms with van der Waals surface area (Å²) >= 11 is 5.84. The lowest BCUT2D eigenvalue weighted by Crippen LogP contribution is -2.48. The Morgan fingerprint density at radius 1 is 1.21 bits per heavy atom. The maximum atomic E-state index is 12.4. The standard InChI is InChI=1S/C14H15ClN2O2/c1-16-12(18)14(17(2)13(16)19)6-10-4-3-9(8-15)5-11(10)7-14/h3-5H,6-8H2,1-2H3. The number of carbonyl (C=O) groups is 2. The van der Waals surface area contributed by atoms with E-state index in [0.717, 1.165) is 16.7 Å². The van der Waals surface area contributed by atoms with Gasteiger partial charge in [0.05, 0.1) is 0 Å². The molecule has 3 rings (SSSR count). The summed E-state index contributed by atoms with van der Waals surface area (Å²) in [6, 6.07) is 5.82. The van der Waals surface area contributed by atoms with Crippen LogP contribution in [0.3, 0.4) is 0 Å². The largest absolute Gasteiger partial charge is 0.327 e. The summed E-state index contributed by atoms with van der Waals surface area (Å²) in [5.41, 5.74) is 2.59. The minimum Gasteiger partial charge on any atom is -0.312 e. The van der Waals surface area contributed by atoms with Crippen LogP contribution in [0.2, 0.25) is 0 Å². The highest BCUT2D eigenvalue weighted by Gasteiger charge is 2.56. The molecule has 0 saturated carbocycles. The van der Waals surface area contributed by atoms with Gasteiger partial charge in [-0.15, -0.1) is 11.6 Å². The van der Waals surface area contributed by atoms with Crippen LogP contribution < -0.4 is 0 Å². The molecule has 1 saturated heterocycles. The van der Waals surface area contributed by atoms with Crippen LogP contribution in [0.1, 0.15) is 16.7 Å². The average Bonchev–Trinajstić information content (AvgIpc) is 2.88. The van der Waals surface area contributed by atoms with Gasteiger partial charge in [-0.1, -0.05) is 18.2 Å². The molecule has 0 bridgehead atoms. The molecule has 1 heterocycles. The van der Waals surface area contributed by atoms with Crippen molar-refractivity contribution in [2.45, 2.75) is 24.3 Å². The van der Waals surface area contributed by atoms with E-state index in [-0.39, 0.29) is 11.9 Å². The number of halogens is 1. The third-order valence-corrected chi connectivity index (χ3v) is 4.62. The Morgan fingerprint density at radius 2 is 1.89 bits per heavy atom. The molecule has 100 valence electrons. The predicted octanol–water partition coefficient (Wildman–Crippen LogP) is 1.79. The first-order valence-corrected chi connectivity index (χ1v) is 6.75. The first-order chi connectivity index (χ1) is 8.99. The van der Waals surface area contributed by atoms with Crippen molar-refractivity contribution in [2.24, 2.45) is 0 Å². The molecule has 5 heteroatoms. The maximum absolute atomic E-state index is 12.4. The van der Waals surface area contributed by atoms with Crippen LogP contribution in [0.25, 0.3) is 0 Å². The van der Waals surface area contributed by atoms with Gasteiger partial charge in [-0.2, -0.15) is 0 Å². The number of benzene rings is 1. The Balaban J connectivity index is 2.03. The lowest BCUT2D eigenvalue weighted by Gasteiger charge is -2.27. The highest BCUT2D eigenvalue weighted by molar-refractivity contribution is 6.17. The lowest BCUT2D eigenvalue weighted by molar-refractivity contribution is -0.131. The van der Waals surface area contributed by atoms with Crippen LogP contribution >= 0.6 is 11.6 Å². The van der Waals surface area contributed by atoms with E-state index in [4.69, 9.17) is 11.6 Å². The molecule has 3 amide bonds. The van der Waals surface area contributed by atoms with Gasteiger partial charge in [0, 0.05) is 32.8 Å². The first kappa shape index (κ1) is 12.5. The first-order valence-electron chi connectivity index (χ1n) is 6.22. The zero-order valence-electron chi connectivity index (χ0n) is 10.9. The molecular formula is C14H15ClN2O2. The Morgan fingerprint density at radius 3 is 2.47 bits per heavy atom. The van der Waals surface area contributed by atoms with Crippen LogP contribution in [-0.2, 0) is 23.5 Å². The highest BCUT2D eigenvalue weighted by Crippen LogP contribution is 2.39. The zero-order valence-corrected chi connectivity index (χ0v) is 11.7. The summed E-state index contributed by atoms with van der Waals surface area (Å²) in [5.74, 6) is 0.353. The number of amides is 3. The third kappa shape index (κ3) is 1.53. The number of carbonyl (C=O) groups excluding carboxylic acids is 2. The summed E-state index contributed by atoms with van der Waals surface area (Å²) < 4.78 is 0. The Labute approximate surface area is 116 Å². The van der Waals surface area contributed by atoms with E-state index >= 15 is 0 Å². The Kier molecular flexibility index (Phi) is 2.61. The van der Waals surface area contributed by atoms with E-state index in [0.29, 0.717) is 18.7 Å². The predicted molar refractivity (Wildman–Crippen MR) is 72.1 cm³/mol. The number of hydrogen-bond donors (Lipinski definition) is 0. The number of alkyl halides is 1. The van der Waals surface area contributed by atoms with Crippen LogP contribution in [0.4, 0.5) is 4.79 Å². The molecule has 1 atom stereocenters. The van der Waals surface area contributed by atoms with Crippen LogP contribution in [0.5, 0.6) is 0 Å². The molecule has 1 aliphatic heterocycles. The molecule has 1 aromatic carbocycles. The molecule has 0 radical (unpaired) electrons. The van der Waals surface area contributed by atoms with Gasteiger partial charge in [-0.3, -0.25) is 9.69 Å². The Bertz CT molecular complexity index is 587. The van der Waals surface area contributed by atoms with Crippen molar-refractivity contribution in [3.8, 4) is 0 Å². The van der Waals surface area contributed by atoms with Gasteiger partial charge in [0.15, 0.2) is 0 Å². The highest BCUT2D eigenvalue weighted by atomic mass is 35.5. The normalized spacial score (nSPS) is 25.6. The monoisotopic (exact) mass is 278 g/mol. The molecule has 1 aromatic rings. The van der Waals surface area contributed by atoms with Crippen LogP contribution in [-0.4, -0.2) is 41.4 Å². The van der Waals surface area contributed by atoms with Gasteiger partial charge < -0.3 is 4.90 Å². The second-order valence-electron chi connectivity index (χ2n) is 5.33. The van der Waals surface area contributed by atoms with Crippen molar-refractivity contribution in [3.63, 3.8) is 0 Å². The fraction of sp³-hybridized carbons (Fsp3) is 0.429. The van der Waals surface area contributed by atoms with Crippen molar-refractivity contribution in [1.82, 2.24) is 9.80 Å². The number of imide groups is 1. The van der Waals surface area contributed by atoms with Gasteiger partial charge in [-0.25, -0.2) is 4.79 Å². The second-order valence-corrected chi connectivity index (χ2v) is 5.59. The number of nitrogens with zero attached hydrogens (tertiary/aromatic N) is 2. The number of rotatable bonds is 1. The van der Waals surface area contributed by atoms with E-state index < -0.39 is 5.54 Å². The minimum atomic E-state index is -0.723. The van der Waals surface area contributed by atoms with E-state index in [1.165, 1.54) is 4.90 Å². The summed E-state index contributed by atoms with van der Waals surface area (Å²) in [6.45, 7) is 0. The fourth-order valence-corrected chi connectivity index (χ4v) is 3.30. The molecule has 1 spiro atoms. The number of urea groups is 1. The third-order valence-electron chi connectivity index (χ3n) is 4.31. The van der Waals surface area contributed by atoms with Gasteiger partial charge in [0.25, 0.3) is 5.91 Å². The van der Waals surface area contributed by atoms with Gasteiger partial charge in [0.2, 0.25) is 0 Å². The maximum Gasteiger partial charge on any atom is 0.327 e. The van der Waals surface area contributed by atoms with Crippen LogP contribution in [0, 0.1) is 0 Å². The molecular weight excluding hydrogens is 264 g/mol. The molecule has 0 N–H and O–H groups in total. The summed E-state index contributed by atoms with van der Waals surface area (Å²) in [7, 11) is 3.25. The van der Waals surface area contributed by atoms with Gasteiger partial charge >= 0.3 is 6.03 Å². The summed E-state index contributed by atoms with van der Waals surface area (Å²) in [6.07, 6.45) is 1.18. The van der Waals surface area contributed by atoms with Gasteiger partial charge in [-0.05, 0) is 16.7 Å². The molecule has 4 nitrogen and oxygen atoms in total. The van der Waals surface area contributed by atoms with Crippen molar-refractivity contribution >= 4 is 23.5 Å². The van der Waals surface area contributed by atoms with Crippen molar-refractivity contribution < 1.29 is 9.59 Å². The summed E-state index contributed by atoms with van der Waals surface area (Å²) in [4.78, 5) is 27.2. The fourth-order valence-electron chi connectivity index (χ4n) is 3.13. The zero-order chi connectivity index (χ0) is 13.8. The quantitative estimate of drug-likeness (QED) is 0.580. The molecule has 1 unspecified atom stereocenters. The minimum absolute atomic E-state index is 0.108. The van der Waals surface area contributed by atoms with Crippen LogP contribution in [0.15, 0.2) is 18.2 Å². The molecule has 1 aliphatic carbocycles. The number of fused-ring (bicyclic) bond motifs is 1. The number of likely N-dealkylation sites (N-methyl/N-ethyl adjacent to an activating group) is 2. The summed E-state index contributed by atoms with van der Waals surface area (Å²) in [5, 5.41) is 0. The van der Waals surface area contributed by atoms with Crippen molar-refractivity contribution in [1.29, 1.82) is 0 Å². The Hall–Kier alpha value is -1.55. The second kappa shape index (κ2) is 3.97. The molecule has 2 aliphatic rings. The SMILES string of the molecule is CN1C(=O)N(C)C2(Cc3ccc(CCl)cc3C2)C1=O. The van der Waals surface area contributed by atoms with Gasteiger partial charge in [0.1, 0.15) is 5.54 Å². The van der Waals surface area contributed by atoms with Crippen molar-refractivity contribution in [3.05, 3.63) is 34.9 Å². The number of hydrogen-bond acceptors (Lipinski definition) is 2. The molecule has 19 heavy (non-hydrogen) atoms. The van der Waals surface area contributed by atoms with E-state index in [2.05, 4.69) is 0 Å².